The molecule has 1 fully saturated rings. The molecule has 0 radical (unpaired) electrons. The van der Waals surface area contributed by atoms with Gasteiger partial charge < -0.3 is 19.3 Å². The first-order valence-electron chi connectivity index (χ1n) is 8.23. The molecule has 0 unspecified atom stereocenters. The second-order valence-electron chi connectivity index (χ2n) is 6.18. The molecule has 1 N–H and O–H groups in total. The Hall–Kier alpha value is -2.34. The highest BCUT2D eigenvalue weighted by molar-refractivity contribution is 5.98. The number of amides is 1. The van der Waals surface area contributed by atoms with E-state index in [4.69, 9.17) is 9.84 Å². The quantitative estimate of drug-likeness (QED) is 0.882. The second-order valence-corrected chi connectivity index (χ2v) is 6.18. The molecule has 1 aliphatic rings. The zero-order chi connectivity index (χ0) is 17.1. The standard InChI is InChI=1S/C18H22N2O4/c1-19-15-7-3-2-5-13(15)11-16(19)18(23)20(9-8-17(21)22)12-14-6-4-10-24-14/h2-3,5,7,11,14H,4,6,8-10,12H2,1H3,(H,21,22)/t14-/m1/s1. The van der Waals surface area contributed by atoms with Crippen molar-refractivity contribution in [3.05, 3.63) is 36.0 Å². The molecule has 0 bridgehead atoms. The van der Waals surface area contributed by atoms with Crippen LogP contribution in [0, 0.1) is 0 Å². The van der Waals surface area contributed by atoms with Gasteiger partial charge in [-0.25, -0.2) is 0 Å². The Morgan fingerprint density at radius 2 is 2.17 bits per heavy atom. The Balaban J connectivity index is 1.84. The molecule has 0 spiro atoms. The lowest BCUT2D eigenvalue weighted by atomic mass is 10.2. The van der Waals surface area contributed by atoms with Crippen molar-refractivity contribution in [1.82, 2.24) is 9.47 Å². The molecule has 0 aliphatic carbocycles. The van der Waals surface area contributed by atoms with Crippen LogP contribution in [0.3, 0.4) is 0 Å². The van der Waals surface area contributed by atoms with E-state index in [0.29, 0.717) is 18.8 Å². The monoisotopic (exact) mass is 330 g/mol. The number of carbonyl (C=O) groups excluding carboxylic acids is 1. The highest BCUT2D eigenvalue weighted by Crippen LogP contribution is 2.21. The van der Waals surface area contributed by atoms with Crippen LogP contribution in [0.25, 0.3) is 10.9 Å². The third-order valence-corrected chi connectivity index (χ3v) is 4.50. The molecule has 1 aliphatic heterocycles. The molecular formula is C18H22N2O4. The molecule has 1 atom stereocenters. The summed E-state index contributed by atoms with van der Waals surface area (Å²) in [6.45, 7) is 1.34. The Morgan fingerprint density at radius 3 is 2.83 bits per heavy atom. The van der Waals surface area contributed by atoms with E-state index < -0.39 is 5.97 Å². The van der Waals surface area contributed by atoms with Gasteiger partial charge in [-0.05, 0) is 25.0 Å². The van der Waals surface area contributed by atoms with Crippen LogP contribution in [0.15, 0.2) is 30.3 Å². The topological polar surface area (TPSA) is 71.8 Å². The van der Waals surface area contributed by atoms with Gasteiger partial charge in [-0.1, -0.05) is 18.2 Å². The van der Waals surface area contributed by atoms with Crippen LogP contribution in [0.5, 0.6) is 0 Å². The summed E-state index contributed by atoms with van der Waals surface area (Å²) in [6.07, 6.45) is 1.83. The maximum atomic E-state index is 13.0. The third-order valence-electron chi connectivity index (χ3n) is 4.50. The van der Waals surface area contributed by atoms with E-state index in [1.807, 2.05) is 41.9 Å². The number of para-hydroxylation sites is 1. The fraction of sp³-hybridized carbons (Fsp3) is 0.444. The molecule has 128 valence electrons. The fourth-order valence-electron chi connectivity index (χ4n) is 3.20. The molecule has 1 aromatic heterocycles. The molecule has 1 saturated heterocycles. The highest BCUT2D eigenvalue weighted by Gasteiger charge is 2.25. The normalized spacial score (nSPS) is 17.3. The predicted molar refractivity (Wildman–Crippen MR) is 90.0 cm³/mol. The van der Waals surface area contributed by atoms with Gasteiger partial charge in [0.15, 0.2) is 0 Å². The first-order chi connectivity index (χ1) is 11.6. The zero-order valence-electron chi connectivity index (χ0n) is 13.8. The molecule has 2 heterocycles. The van der Waals surface area contributed by atoms with Crippen LogP contribution in [0.4, 0.5) is 0 Å². The Bertz CT molecular complexity index is 747. The van der Waals surface area contributed by atoms with Gasteiger partial charge in [0, 0.05) is 37.6 Å². The number of fused-ring (bicyclic) bond motifs is 1. The van der Waals surface area contributed by atoms with Crippen molar-refractivity contribution in [2.24, 2.45) is 7.05 Å². The summed E-state index contributed by atoms with van der Waals surface area (Å²) in [6, 6.07) is 9.67. The summed E-state index contributed by atoms with van der Waals surface area (Å²) >= 11 is 0. The molecule has 6 nitrogen and oxygen atoms in total. The molecule has 1 aromatic carbocycles. The van der Waals surface area contributed by atoms with Crippen LogP contribution in [0.2, 0.25) is 0 Å². The number of aryl methyl sites for hydroxylation is 1. The Morgan fingerprint density at radius 1 is 1.38 bits per heavy atom. The van der Waals surface area contributed by atoms with Crippen molar-refractivity contribution in [1.29, 1.82) is 0 Å². The summed E-state index contributed by atoms with van der Waals surface area (Å²) in [5.41, 5.74) is 1.55. The van der Waals surface area contributed by atoms with E-state index in [0.717, 1.165) is 23.7 Å². The Labute approximate surface area is 140 Å². The van der Waals surface area contributed by atoms with Crippen LogP contribution in [0.1, 0.15) is 29.8 Å². The van der Waals surface area contributed by atoms with Gasteiger partial charge >= 0.3 is 5.97 Å². The summed E-state index contributed by atoms with van der Waals surface area (Å²) in [7, 11) is 1.86. The molecule has 3 rings (SSSR count). The number of hydrogen-bond donors (Lipinski definition) is 1. The van der Waals surface area contributed by atoms with Gasteiger partial charge in [-0.3, -0.25) is 9.59 Å². The van der Waals surface area contributed by atoms with Crippen molar-refractivity contribution in [2.45, 2.75) is 25.4 Å². The Kier molecular flexibility index (Phi) is 4.85. The number of hydrogen-bond acceptors (Lipinski definition) is 3. The van der Waals surface area contributed by atoms with Crippen LogP contribution < -0.4 is 0 Å². The zero-order valence-corrected chi connectivity index (χ0v) is 13.8. The molecule has 2 aromatic rings. The van der Waals surface area contributed by atoms with E-state index in [9.17, 15) is 9.59 Å². The molecular weight excluding hydrogens is 308 g/mol. The van der Waals surface area contributed by atoms with Gasteiger partial charge in [-0.15, -0.1) is 0 Å². The predicted octanol–water partition coefficient (Wildman–Crippen LogP) is 2.27. The maximum Gasteiger partial charge on any atom is 0.305 e. The maximum absolute atomic E-state index is 13.0. The minimum Gasteiger partial charge on any atom is -0.481 e. The SMILES string of the molecule is Cn1c(C(=O)N(CCC(=O)O)C[C@H]2CCCO2)cc2ccccc21. The van der Waals surface area contributed by atoms with Gasteiger partial charge in [0.25, 0.3) is 5.91 Å². The minimum atomic E-state index is -0.905. The number of aliphatic carboxylic acids is 1. The van der Waals surface area contributed by atoms with Gasteiger partial charge in [-0.2, -0.15) is 0 Å². The number of nitrogens with zero attached hydrogens (tertiary/aromatic N) is 2. The summed E-state index contributed by atoms with van der Waals surface area (Å²) in [4.78, 5) is 25.5. The first kappa shape index (κ1) is 16.5. The molecule has 1 amide bonds. The second kappa shape index (κ2) is 7.05. The van der Waals surface area contributed by atoms with Crippen molar-refractivity contribution in [2.75, 3.05) is 19.7 Å². The number of carbonyl (C=O) groups is 2. The highest BCUT2D eigenvalue weighted by atomic mass is 16.5. The average Bonchev–Trinajstić information content (AvgIpc) is 3.19. The van der Waals surface area contributed by atoms with E-state index >= 15 is 0 Å². The lowest BCUT2D eigenvalue weighted by Crippen LogP contribution is -2.39. The van der Waals surface area contributed by atoms with Gasteiger partial charge in [0.2, 0.25) is 0 Å². The van der Waals surface area contributed by atoms with Crippen molar-refractivity contribution >= 4 is 22.8 Å². The number of carboxylic acids is 1. The number of aromatic nitrogens is 1. The number of carboxylic acid groups (broad SMARTS) is 1. The van der Waals surface area contributed by atoms with Gasteiger partial charge in [0.1, 0.15) is 5.69 Å². The first-order valence-corrected chi connectivity index (χ1v) is 8.23. The van der Waals surface area contributed by atoms with Crippen molar-refractivity contribution in [3.63, 3.8) is 0 Å². The lowest BCUT2D eigenvalue weighted by Gasteiger charge is -2.25. The van der Waals surface area contributed by atoms with E-state index in [2.05, 4.69) is 0 Å². The fourth-order valence-corrected chi connectivity index (χ4v) is 3.20. The number of ether oxygens (including phenoxy) is 1. The molecule has 0 saturated carbocycles. The van der Waals surface area contributed by atoms with E-state index in [-0.39, 0.29) is 25.0 Å². The number of benzene rings is 1. The van der Waals surface area contributed by atoms with Crippen molar-refractivity contribution < 1.29 is 19.4 Å². The summed E-state index contributed by atoms with van der Waals surface area (Å²) in [5, 5.41) is 9.97. The number of rotatable bonds is 6. The van der Waals surface area contributed by atoms with Crippen LogP contribution in [-0.2, 0) is 16.6 Å². The van der Waals surface area contributed by atoms with E-state index in [1.54, 1.807) is 4.90 Å². The van der Waals surface area contributed by atoms with Crippen LogP contribution in [-0.4, -0.2) is 52.3 Å². The smallest absolute Gasteiger partial charge is 0.305 e. The minimum absolute atomic E-state index is 0.00238. The summed E-state index contributed by atoms with van der Waals surface area (Å²) < 4.78 is 7.48. The summed E-state index contributed by atoms with van der Waals surface area (Å²) in [5.74, 6) is -1.05. The van der Waals surface area contributed by atoms with Gasteiger partial charge in [0.05, 0.1) is 12.5 Å². The van der Waals surface area contributed by atoms with Crippen molar-refractivity contribution in [3.8, 4) is 0 Å². The third kappa shape index (κ3) is 3.43. The lowest BCUT2D eigenvalue weighted by molar-refractivity contribution is -0.137. The van der Waals surface area contributed by atoms with E-state index in [1.165, 1.54) is 0 Å². The average molecular weight is 330 g/mol. The molecule has 6 heteroatoms. The molecule has 24 heavy (non-hydrogen) atoms. The van der Waals surface area contributed by atoms with Crippen LogP contribution >= 0.6 is 0 Å². The largest absolute Gasteiger partial charge is 0.481 e.